The molecule has 34 heavy (non-hydrogen) atoms. The molecule has 186 valence electrons. The quantitative estimate of drug-likeness (QED) is 0.333. The second-order valence-electron chi connectivity index (χ2n) is 8.42. The number of aromatic nitrogens is 1. The van der Waals surface area contributed by atoms with E-state index < -0.39 is 6.10 Å². The van der Waals surface area contributed by atoms with Gasteiger partial charge in [0.1, 0.15) is 12.3 Å². The number of terminal acetylenes is 1. The summed E-state index contributed by atoms with van der Waals surface area (Å²) in [5.74, 6) is 3.24. The van der Waals surface area contributed by atoms with E-state index >= 15 is 0 Å². The van der Waals surface area contributed by atoms with Gasteiger partial charge in [-0.1, -0.05) is 41.4 Å². The molecule has 0 unspecified atom stereocenters. The highest BCUT2D eigenvalue weighted by atomic mass is 16.5. The van der Waals surface area contributed by atoms with Gasteiger partial charge in [-0.3, -0.25) is 9.80 Å². The SMILES string of the molecule is C#CCOC[C@@H](O)CN(CCN1CCOCC1)Cc1c(-c2ccccc2)noc1N(CC)CC. The Hall–Kier alpha value is -2.41. The standard InChI is InChI=1S/C26H38N4O4/c1-4-16-33-21-23(31)19-29(13-12-28-14-17-32-18-15-28)20-24-25(22-10-8-7-9-11-22)27-34-26(24)30(5-2)6-3/h1,7-11,23,31H,5-6,12-21H2,2-3H3/t23-/m0/s1. The maximum Gasteiger partial charge on any atom is 0.232 e. The monoisotopic (exact) mass is 470 g/mol. The van der Waals surface area contributed by atoms with Crippen LogP contribution in [0.15, 0.2) is 34.9 Å². The Morgan fingerprint density at radius 2 is 1.94 bits per heavy atom. The Labute approximate surface area is 203 Å². The summed E-state index contributed by atoms with van der Waals surface area (Å²) in [6.07, 6.45) is 4.63. The van der Waals surface area contributed by atoms with Crippen LogP contribution in [0.4, 0.5) is 5.88 Å². The molecule has 2 aromatic rings. The molecule has 1 fully saturated rings. The third kappa shape index (κ3) is 7.55. The van der Waals surface area contributed by atoms with Crippen molar-refractivity contribution >= 4 is 5.88 Å². The van der Waals surface area contributed by atoms with E-state index in [1.807, 2.05) is 30.3 Å². The molecule has 2 heterocycles. The van der Waals surface area contributed by atoms with Crippen molar-refractivity contribution in [1.29, 1.82) is 0 Å². The largest absolute Gasteiger partial charge is 0.389 e. The molecular weight excluding hydrogens is 432 g/mol. The highest BCUT2D eigenvalue weighted by Gasteiger charge is 2.25. The molecule has 8 heteroatoms. The normalized spacial score (nSPS) is 15.4. The van der Waals surface area contributed by atoms with Crippen LogP contribution in [0, 0.1) is 12.3 Å². The predicted octanol–water partition coefficient (Wildman–Crippen LogP) is 2.33. The minimum absolute atomic E-state index is 0.195. The number of benzene rings is 1. The van der Waals surface area contributed by atoms with Crippen LogP contribution in [-0.4, -0.2) is 98.4 Å². The van der Waals surface area contributed by atoms with Gasteiger partial charge in [0, 0.05) is 57.9 Å². The van der Waals surface area contributed by atoms with Crippen molar-refractivity contribution in [1.82, 2.24) is 15.0 Å². The van der Waals surface area contributed by atoms with Crippen LogP contribution < -0.4 is 4.90 Å². The van der Waals surface area contributed by atoms with Crippen LogP contribution in [0.2, 0.25) is 0 Å². The summed E-state index contributed by atoms with van der Waals surface area (Å²) in [4.78, 5) is 6.83. The predicted molar refractivity (Wildman–Crippen MR) is 134 cm³/mol. The van der Waals surface area contributed by atoms with E-state index in [1.54, 1.807) is 0 Å². The van der Waals surface area contributed by atoms with Gasteiger partial charge in [-0.25, -0.2) is 0 Å². The molecule has 1 aliphatic heterocycles. The molecule has 0 radical (unpaired) electrons. The van der Waals surface area contributed by atoms with Gasteiger partial charge in [0.15, 0.2) is 0 Å². The van der Waals surface area contributed by atoms with Crippen LogP contribution in [0.1, 0.15) is 19.4 Å². The van der Waals surface area contributed by atoms with Gasteiger partial charge in [0.05, 0.1) is 31.5 Å². The van der Waals surface area contributed by atoms with E-state index in [4.69, 9.17) is 20.4 Å². The molecule has 1 aromatic carbocycles. The zero-order valence-corrected chi connectivity index (χ0v) is 20.5. The maximum atomic E-state index is 10.7. The van der Waals surface area contributed by atoms with E-state index in [0.717, 1.165) is 75.2 Å². The molecule has 1 aliphatic rings. The summed E-state index contributed by atoms with van der Waals surface area (Å²) in [6.45, 7) is 12.4. The Kier molecular flexibility index (Phi) is 10.9. The average Bonchev–Trinajstić information content (AvgIpc) is 3.28. The van der Waals surface area contributed by atoms with Crippen molar-refractivity contribution in [2.24, 2.45) is 0 Å². The van der Waals surface area contributed by atoms with Crippen molar-refractivity contribution in [3.63, 3.8) is 0 Å². The van der Waals surface area contributed by atoms with Gasteiger partial charge in [0.2, 0.25) is 5.88 Å². The van der Waals surface area contributed by atoms with Gasteiger partial charge in [-0.05, 0) is 13.8 Å². The second-order valence-corrected chi connectivity index (χ2v) is 8.42. The second kappa shape index (κ2) is 14.1. The lowest BCUT2D eigenvalue weighted by molar-refractivity contribution is 0.0137. The summed E-state index contributed by atoms with van der Waals surface area (Å²) in [6, 6.07) is 10.1. The van der Waals surface area contributed by atoms with Crippen LogP contribution >= 0.6 is 0 Å². The topological polar surface area (TPSA) is 74.4 Å². The summed E-state index contributed by atoms with van der Waals surface area (Å²) in [7, 11) is 0. The zero-order valence-electron chi connectivity index (χ0n) is 20.5. The van der Waals surface area contributed by atoms with Crippen LogP contribution in [0.25, 0.3) is 11.3 Å². The number of aliphatic hydroxyl groups excluding tert-OH is 1. The molecule has 1 saturated heterocycles. The van der Waals surface area contributed by atoms with E-state index in [0.29, 0.717) is 13.1 Å². The smallest absolute Gasteiger partial charge is 0.232 e. The first kappa shape index (κ1) is 26.2. The molecule has 0 bridgehead atoms. The highest BCUT2D eigenvalue weighted by Crippen LogP contribution is 2.32. The number of nitrogens with zero attached hydrogens (tertiary/aromatic N) is 4. The lowest BCUT2D eigenvalue weighted by atomic mass is 10.1. The minimum Gasteiger partial charge on any atom is -0.389 e. The molecule has 0 saturated carbocycles. The molecule has 1 aromatic heterocycles. The van der Waals surface area contributed by atoms with Crippen LogP contribution in [0.5, 0.6) is 0 Å². The van der Waals surface area contributed by atoms with Crippen molar-refractivity contribution in [2.75, 3.05) is 77.1 Å². The van der Waals surface area contributed by atoms with Gasteiger partial charge < -0.3 is 24.0 Å². The molecular formula is C26H38N4O4. The first-order chi connectivity index (χ1) is 16.7. The molecule has 0 aliphatic carbocycles. The molecule has 3 rings (SSSR count). The summed E-state index contributed by atoms with van der Waals surface area (Å²) in [5.41, 5.74) is 2.90. The molecule has 1 atom stereocenters. The summed E-state index contributed by atoms with van der Waals surface area (Å²) >= 11 is 0. The summed E-state index contributed by atoms with van der Waals surface area (Å²) < 4.78 is 16.8. The van der Waals surface area contributed by atoms with E-state index in [9.17, 15) is 5.11 Å². The fraction of sp³-hybridized carbons (Fsp3) is 0.577. The first-order valence-corrected chi connectivity index (χ1v) is 12.2. The lowest BCUT2D eigenvalue weighted by Gasteiger charge is -2.31. The van der Waals surface area contributed by atoms with Crippen LogP contribution in [0.3, 0.4) is 0 Å². The third-order valence-electron chi connectivity index (χ3n) is 6.05. The first-order valence-electron chi connectivity index (χ1n) is 12.2. The molecule has 0 amide bonds. The number of hydrogen-bond acceptors (Lipinski definition) is 8. The maximum absolute atomic E-state index is 10.7. The number of anilines is 1. The molecule has 8 nitrogen and oxygen atoms in total. The lowest BCUT2D eigenvalue weighted by Crippen LogP contribution is -2.43. The number of hydrogen-bond donors (Lipinski definition) is 1. The highest BCUT2D eigenvalue weighted by molar-refractivity contribution is 5.68. The Morgan fingerprint density at radius 1 is 1.21 bits per heavy atom. The van der Waals surface area contributed by atoms with Crippen molar-refractivity contribution in [3.8, 4) is 23.6 Å². The van der Waals surface area contributed by atoms with E-state index in [-0.39, 0.29) is 13.2 Å². The molecule has 1 N–H and O–H groups in total. The number of morpholine rings is 1. The van der Waals surface area contributed by atoms with Gasteiger partial charge >= 0.3 is 0 Å². The van der Waals surface area contributed by atoms with Crippen molar-refractivity contribution in [3.05, 3.63) is 35.9 Å². The Bertz CT molecular complexity index is 873. The van der Waals surface area contributed by atoms with Gasteiger partial charge in [-0.15, -0.1) is 6.42 Å². The van der Waals surface area contributed by atoms with Crippen LogP contribution in [-0.2, 0) is 16.0 Å². The third-order valence-corrected chi connectivity index (χ3v) is 6.05. The summed E-state index contributed by atoms with van der Waals surface area (Å²) in [5, 5.41) is 15.1. The number of aliphatic hydroxyl groups is 1. The van der Waals surface area contributed by atoms with E-state index in [2.05, 4.69) is 39.6 Å². The Morgan fingerprint density at radius 3 is 2.62 bits per heavy atom. The number of rotatable bonds is 14. The van der Waals surface area contributed by atoms with Crippen molar-refractivity contribution in [2.45, 2.75) is 26.5 Å². The van der Waals surface area contributed by atoms with Gasteiger partial charge in [0.25, 0.3) is 0 Å². The average molecular weight is 471 g/mol. The fourth-order valence-electron chi connectivity index (χ4n) is 4.20. The Balaban J connectivity index is 1.83. The van der Waals surface area contributed by atoms with E-state index in [1.165, 1.54) is 0 Å². The fourth-order valence-corrected chi connectivity index (χ4v) is 4.20. The van der Waals surface area contributed by atoms with Crippen molar-refractivity contribution < 1.29 is 19.1 Å². The zero-order chi connectivity index (χ0) is 24.2. The minimum atomic E-state index is -0.644. The van der Waals surface area contributed by atoms with Gasteiger partial charge in [-0.2, -0.15) is 0 Å². The molecule has 0 spiro atoms. The number of ether oxygens (including phenoxy) is 2.